The third kappa shape index (κ3) is 3.27. The molecule has 4 N–H and O–H groups in total. The highest BCUT2D eigenvalue weighted by Crippen LogP contribution is 2.35. The van der Waals surface area contributed by atoms with Gasteiger partial charge in [-0.3, -0.25) is 0 Å². The second kappa shape index (κ2) is 6.01. The van der Waals surface area contributed by atoms with Gasteiger partial charge in [-0.05, 0) is 42.5 Å². The molecule has 6 nitrogen and oxygen atoms in total. The first-order valence-corrected chi connectivity index (χ1v) is 6.96. The van der Waals surface area contributed by atoms with Crippen LogP contribution in [0.1, 0.15) is 0 Å². The molecule has 0 fully saturated rings. The molecule has 0 saturated carbocycles. The van der Waals surface area contributed by atoms with Crippen molar-refractivity contribution in [3.05, 3.63) is 48.3 Å². The van der Waals surface area contributed by atoms with Gasteiger partial charge in [0.2, 0.25) is 11.0 Å². The standard InChI is InChI=1S/C15H11FN4O2S/c16-8-4-5-12-11(6-8)13(14(22)18-12)19-20-15(23)17-9-2-1-3-10(21)7-9/h1-7,18,21-22H,(H,17,23). The lowest BCUT2D eigenvalue weighted by molar-refractivity contribution is 0.459. The fourth-order valence-corrected chi connectivity index (χ4v) is 2.22. The zero-order valence-electron chi connectivity index (χ0n) is 11.6. The van der Waals surface area contributed by atoms with Crippen molar-refractivity contribution in [1.82, 2.24) is 4.98 Å². The minimum Gasteiger partial charge on any atom is -0.508 e. The van der Waals surface area contributed by atoms with E-state index in [9.17, 15) is 14.6 Å². The Bertz CT molecular complexity index is 923. The molecule has 23 heavy (non-hydrogen) atoms. The number of anilines is 1. The van der Waals surface area contributed by atoms with Crippen LogP contribution >= 0.6 is 12.2 Å². The average molecular weight is 330 g/mol. The summed E-state index contributed by atoms with van der Waals surface area (Å²) in [6.07, 6.45) is 0. The molecule has 0 spiro atoms. The van der Waals surface area contributed by atoms with Crippen molar-refractivity contribution in [2.75, 3.05) is 5.32 Å². The number of phenolic OH excluding ortho intramolecular Hbond substituents is 1. The van der Waals surface area contributed by atoms with Gasteiger partial charge in [0.15, 0.2) is 5.69 Å². The highest BCUT2D eigenvalue weighted by Gasteiger charge is 2.11. The van der Waals surface area contributed by atoms with Gasteiger partial charge < -0.3 is 20.5 Å². The summed E-state index contributed by atoms with van der Waals surface area (Å²) in [4.78, 5) is 2.67. The van der Waals surface area contributed by atoms with Crippen LogP contribution in [-0.4, -0.2) is 20.3 Å². The molecular formula is C15H11FN4O2S. The van der Waals surface area contributed by atoms with E-state index in [1.807, 2.05) is 0 Å². The first kappa shape index (κ1) is 14.9. The van der Waals surface area contributed by atoms with Gasteiger partial charge in [-0.25, -0.2) is 4.39 Å². The summed E-state index contributed by atoms with van der Waals surface area (Å²) in [6, 6.07) is 10.3. The normalized spacial score (nSPS) is 11.2. The number of hydrogen-bond acceptors (Lipinski definition) is 4. The van der Waals surface area contributed by atoms with Crippen molar-refractivity contribution in [3.63, 3.8) is 0 Å². The maximum absolute atomic E-state index is 13.3. The number of halogens is 1. The van der Waals surface area contributed by atoms with Crippen molar-refractivity contribution in [1.29, 1.82) is 0 Å². The molecule has 0 unspecified atom stereocenters. The van der Waals surface area contributed by atoms with Crippen LogP contribution in [0.25, 0.3) is 10.9 Å². The van der Waals surface area contributed by atoms with Gasteiger partial charge in [-0.1, -0.05) is 6.07 Å². The molecule has 8 heteroatoms. The van der Waals surface area contributed by atoms with E-state index in [-0.39, 0.29) is 22.4 Å². The van der Waals surface area contributed by atoms with Crippen LogP contribution in [-0.2, 0) is 0 Å². The molecule has 0 atom stereocenters. The second-order valence-electron chi connectivity index (χ2n) is 4.69. The summed E-state index contributed by atoms with van der Waals surface area (Å²) in [6.45, 7) is 0. The van der Waals surface area contributed by atoms with Crippen LogP contribution in [0.4, 0.5) is 15.8 Å². The Kier molecular flexibility index (Phi) is 3.90. The lowest BCUT2D eigenvalue weighted by Gasteiger charge is -2.02. The van der Waals surface area contributed by atoms with Gasteiger partial charge >= 0.3 is 0 Å². The van der Waals surface area contributed by atoms with E-state index in [1.54, 1.807) is 12.1 Å². The number of benzene rings is 2. The number of fused-ring (bicyclic) bond motifs is 1. The number of aromatic hydroxyl groups is 2. The number of aromatic amines is 1. The first-order valence-electron chi connectivity index (χ1n) is 6.55. The lowest BCUT2D eigenvalue weighted by atomic mass is 10.2. The van der Waals surface area contributed by atoms with Crippen LogP contribution in [0.3, 0.4) is 0 Å². The predicted octanol–water partition coefficient (Wildman–Crippen LogP) is 4.20. The molecular weight excluding hydrogens is 319 g/mol. The summed E-state index contributed by atoms with van der Waals surface area (Å²) >= 11 is 5.03. The van der Waals surface area contributed by atoms with E-state index in [1.165, 1.54) is 30.3 Å². The van der Waals surface area contributed by atoms with Gasteiger partial charge in [0.25, 0.3) is 0 Å². The van der Waals surface area contributed by atoms with Gasteiger partial charge in [-0.2, -0.15) is 0 Å². The molecule has 3 aromatic rings. The van der Waals surface area contributed by atoms with E-state index in [4.69, 9.17) is 12.2 Å². The summed E-state index contributed by atoms with van der Waals surface area (Å²) in [7, 11) is 0. The number of nitrogens with one attached hydrogen (secondary N) is 2. The number of hydrogen-bond donors (Lipinski definition) is 4. The molecule has 1 aromatic heterocycles. The van der Waals surface area contributed by atoms with Gasteiger partial charge in [0.05, 0.1) is 5.52 Å². The smallest absolute Gasteiger partial charge is 0.218 e. The minimum absolute atomic E-state index is 0.0285. The van der Waals surface area contributed by atoms with E-state index in [2.05, 4.69) is 20.5 Å². The SMILES string of the molecule is Oc1cccc(NC(=S)N=Nc2c(O)[nH]c3ccc(F)cc23)c1. The van der Waals surface area contributed by atoms with E-state index >= 15 is 0 Å². The van der Waals surface area contributed by atoms with Crippen molar-refractivity contribution >= 4 is 39.6 Å². The first-order chi connectivity index (χ1) is 11.0. The molecule has 3 rings (SSSR count). The van der Waals surface area contributed by atoms with Crippen LogP contribution in [0.5, 0.6) is 11.6 Å². The number of thiocarbonyl (C=S) groups is 1. The van der Waals surface area contributed by atoms with Crippen molar-refractivity contribution in [2.24, 2.45) is 10.2 Å². The minimum atomic E-state index is -0.451. The number of azo groups is 1. The van der Waals surface area contributed by atoms with Crippen molar-refractivity contribution in [2.45, 2.75) is 0 Å². The van der Waals surface area contributed by atoms with E-state index in [0.29, 0.717) is 16.6 Å². The molecule has 0 bridgehead atoms. The maximum atomic E-state index is 13.3. The van der Waals surface area contributed by atoms with Crippen LogP contribution in [0, 0.1) is 5.82 Å². The van der Waals surface area contributed by atoms with Crippen LogP contribution < -0.4 is 5.32 Å². The Morgan fingerprint density at radius 1 is 1.17 bits per heavy atom. The Morgan fingerprint density at radius 3 is 2.78 bits per heavy atom. The van der Waals surface area contributed by atoms with Gasteiger partial charge in [0.1, 0.15) is 11.6 Å². The Labute approximate surface area is 135 Å². The third-order valence-corrected chi connectivity index (χ3v) is 3.24. The lowest BCUT2D eigenvalue weighted by Crippen LogP contribution is -2.04. The number of phenols is 1. The average Bonchev–Trinajstić information content (AvgIpc) is 2.80. The Morgan fingerprint density at radius 2 is 2.00 bits per heavy atom. The quantitative estimate of drug-likeness (QED) is 0.418. The zero-order chi connectivity index (χ0) is 16.4. The highest BCUT2D eigenvalue weighted by atomic mass is 32.1. The number of rotatable bonds is 2. The van der Waals surface area contributed by atoms with E-state index < -0.39 is 5.82 Å². The van der Waals surface area contributed by atoms with Crippen molar-refractivity contribution in [3.8, 4) is 11.6 Å². The third-order valence-electron chi connectivity index (χ3n) is 3.05. The van der Waals surface area contributed by atoms with Crippen molar-refractivity contribution < 1.29 is 14.6 Å². The number of nitrogens with zero attached hydrogens (tertiary/aromatic N) is 2. The zero-order valence-corrected chi connectivity index (χ0v) is 12.4. The molecule has 0 radical (unpaired) electrons. The molecule has 0 aliphatic heterocycles. The fourth-order valence-electron chi connectivity index (χ4n) is 2.06. The topological polar surface area (TPSA) is 93.0 Å². The molecule has 0 aliphatic carbocycles. The Hall–Kier alpha value is -3.00. The number of H-pyrrole nitrogens is 1. The Balaban J connectivity index is 1.83. The van der Waals surface area contributed by atoms with E-state index in [0.717, 1.165) is 0 Å². The van der Waals surface area contributed by atoms with Gasteiger partial charge in [0, 0.05) is 17.1 Å². The largest absolute Gasteiger partial charge is 0.508 e. The molecule has 1 heterocycles. The number of aromatic nitrogens is 1. The monoisotopic (exact) mass is 330 g/mol. The molecule has 2 aromatic carbocycles. The summed E-state index contributed by atoms with van der Waals surface area (Å²) in [5.41, 5.74) is 1.17. The molecule has 0 amide bonds. The molecule has 116 valence electrons. The summed E-state index contributed by atoms with van der Waals surface area (Å²) in [5.74, 6) is -0.595. The highest BCUT2D eigenvalue weighted by molar-refractivity contribution is 7.80. The maximum Gasteiger partial charge on any atom is 0.218 e. The van der Waals surface area contributed by atoms with Crippen LogP contribution in [0.2, 0.25) is 0 Å². The summed E-state index contributed by atoms with van der Waals surface area (Å²) in [5, 5.41) is 30.1. The fraction of sp³-hybridized carbons (Fsp3) is 0. The predicted molar refractivity (Wildman–Crippen MR) is 88.8 cm³/mol. The second-order valence-corrected chi connectivity index (χ2v) is 5.08. The molecule has 0 aliphatic rings. The molecule has 0 saturated heterocycles. The summed E-state index contributed by atoms with van der Waals surface area (Å²) < 4.78 is 13.3. The van der Waals surface area contributed by atoms with Gasteiger partial charge in [-0.15, -0.1) is 10.2 Å². The van der Waals surface area contributed by atoms with Crippen LogP contribution in [0.15, 0.2) is 52.7 Å².